The molecule has 0 bridgehead atoms. The number of anilines is 1. The molecule has 8 nitrogen and oxygen atoms in total. The van der Waals surface area contributed by atoms with Crippen LogP contribution in [0.3, 0.4) is 0 Å². The number of hydrogen-bond donors (Lipinski definition) is 1. The van der Waals surface area contributed by atoms with Crippen LogP contribution in [0.4, 0.5) is 5.95 Å². The Labute approximate surface area is 185 Å². The number of rotatable bonds is 3. The molecule has 2 aliphatic rings. The maximum Gasteiger partial charge on any atom is 0.225 e. The van der Waals surface area contributed by atoms with Gasteiger partial charge >= 0.3 is 0 Å². The van der Waals surface area contributed by atoms with Crippen LogP contribution in [0.2, 0.25) is 0 Å². The number of benzene rings is 2. The van der Waals surface area contributed by atoms with E-state index in [0.29, 0.717) is 45.3 Å². The van der Waals surface area contributed by atoms with Crippen molar-refractivity contribution in [2.24, 2.45) is 0 Å². The van der Waals surface area contributed by atoms with Crippen molar-refractivity contribution in [2.75, 3.05) is 37.7 Å². The minimum Gasteiger partial charge on any atom is -0.371 e. The SMILES string of the molecule is ON1CCN(c2ncc(-c3ccc4nc5n(c4c3)C(c3ccccc3)COC5)cn2)CC1. The van der Waals surface area contributed by atoms with Gasteiger partial charge in [-0.15, -0.1) is 0 Å². The second kappa shape index (κ2) is 7.98. The van der Waals surface area contributed by atoms with Gasteiger partial charge in [0.25, 0.3) is 0 Å². The summed E-state index contributed by atoms with van der Waals surface area (Å²) < 4.78 is 8.17. The Bertz CT molecular complexity index is 1230. The largest absolute Gasteiger partial charge is 0.371 e. The van der Waals surface area contributed by atoms with Crippen LogP contribution in [0.15, 0.2) is 60.9 Å². The van der Waals surface area contributed by atoms with Gasteiger partial charge in [-0.1, -0.05) is 36.4 Å². The molecule has 1 fully saturated rings. The standard InChI is InChI=1S/C24H24N6O2/c31-29-10-8-28(9-11-29)24-25-13-19(14-26-24)18-6-7-20-21(12-18)30-22(15-32-16-23(30)27-20)17-4-2-1-3-5-17/h1-7,12-14,22,31H,8-11,15-16H2. The summed E-state index contributed by atoms with van der Waals surface area (Å²) in [6.07, 6.45) is 3.75. The number of nitrogens with zero attached hydrogens (tertiary/aromatic N) is 6. The van der Waals surface area contributed by atoms with Crippen LogP contribution in [0.25, 0.3) is 22.2 Å². The second-order valence-corrected chi connectivity index (χ2v) is 8.26. The average Bonchev–Trinajstić information content (AvgIpc) is 3.23. The van der Waals surface area contributed by atoms with E-state index >= 15 is 0 Å². The summed E-state index contributed by atoms with van der Waals surface area (Å²) in [4.78, 5) is 16.1. The lowest BCUT2D eigenvalue weighted by molar-refractivity contribution is -0.0937. The first-order valence-electron chi connectivity index (χ1n) is 10.9. The smallest absolute Gasteiger partial charge is 0.225 e. The molecule has 1 unspecified atom stereocenters. The van der Waals surface area contributed by atoms with Gasteiger partial charge in [0.2, 0.25) is 5.95 Å². The van der Waals surface area contributed by atoms with Gasteiger partial charge in [0.1, 0.15) is 12.4 Å². The Kier molecular flexibility index (Phi) is 4.83. The fraction of sp³-hybridized carbons (Fsp3) is 0.292. The van der Waals surface area contributed by atoms with Crippen LogP contribution in [0.1, 0.15) is 17.4 Å². The molecule has 0 radical (unpaired) electrons. The van der Waals surface area contributed by atoms with E-state index in [0.717, 1.165) is 28.0 Å². The molecule has 0 amide bonds. The van der Waals surface area contributed by atoms with E-state index in [1.165, 1.54) is 10.6 Å². The Balaban J connectivity index is 1.35. The minimum atomic E-state index is 0.101. The zero-order valence-corrected chi connectivity index (χ0v) is 17.6. The summed E-state index contributed by atoms with van der Waals surface area (Å²) >= 11 is 0. The normalized spacial score (nSPS) is 19.3. The molecule has 1 saturated heterocycles. The Morgan fingerprint density at radius 2 is 1.69 bits per heavy atom. The molecule has 6 rings (SSSR count). The third-order valence-electron chi connectivity index (χ3n) is 6.28. The van der Waals surface area contributed by atoms with Crippen LogP contribution < -0.4 is 4.90 Å². The second-order valence-electron chi connectivity index (χ2n) is 8.26. The van der Waals surface area contributed by atoms with Crippen molar-refractivity contribution >= 4 is 17.0 Å². The van der Waals surface area contributed by atoms with E-state index in [9.17, 15) is 5.21 Å². The Morgan fingerprint density at radius 1 is 0.906 bits per heavy atom. The molecule has 0 saturated carbocycles. The molecule has 4 heterocycles. The highest BCUT2D eigenvalue weighted by Gasteiger charge is 2.25. The van der Waals surface area contributed by atoms with E-state index < -0.39 is 0 Å². The molecule has 1 N–H and O–H groups in total. The lowest BCUT2D eigenvalue weighted by Gasteiger charge is -2.30. The minimum absolute atomic E-state index is 0.101. The average molecular weight is 428 g/mol. The molecule has 1 atom stereocenters. The first-order chi connectivity index (χ1) is 15.8. The van der Waals surface area contributed by atoms with Crippen LogP contribution in [-0.2, 0) is 11.3 Å². The molecular formula is C24H24N6O2. The van der Waals surface area contributed by atoms with Crippen molar-refractivity contribution in [1.29, 1.82) is 0 Å². The van der Waals surface area contributed by atoms with Gasteiger partial charge in [-0.2, -0.15) is 5.06 Å². The quantitative estimate of drug-likeness (QED) is 0.537. The number of imidazole rings is 1. The van der Waals surface area contributed by atoms with Crippen molar-refractivity contribution < 1.29 is 9.94 Å². The van der Waals surface area contributed by atoms with E-state index in [-0.39, 0.29) is 6.04 Å². The van der Waals surface area contributed by atoms with Crippen molar-refractivity contribution in [3.8, 4) is 11.1 Å². The number of ether oxygens (including phenoxy) is 1. The number of hydrogen-bond acceptors (Lipinski definition) is 7. The lowest BCUT2D eigenvalue weighted by atomic mass is 10.1. The summed E-state index contributed by atoms with van der Waals surface area (Å²) in [5.74, 6) is 1.65. The summed E-state index contributed by atoms with van der Waals surface area (Å²) in [5, 5.41) is 10.9. The van der Waals surface area contributed by atoms with Gasteiger partial charge < -0.3 is 19.4 Å². The maximum atomic E-state index is 9.56. The van der Waals surface area contributed by atoms with E-state index in [2.05, 4.69) is 61.9 Å². The molecule has 4 aromatic rings. The van der Waals surface area contributed by atoms with Crippen LogP contribution >= 0.6 is 0 Å². The van der Waals surface area contributed by atoms with Gasteiger partial charge in [-0.25, -0.2) is 15.0 Å². The van der Waals surface area contributed by atoms with Crippen molar-refractivity contribution in [3.63, 3.8) is 0 Å². The molecule has 2 aromatic carbocycles. The van der Waals surface area contributed by atoms with Crippen LogP contribution in [0, 0.1) is 0 Å². The van der Waals surface area contributed by atoms with Crippen LogP contribution in [0.5, 0.6) is 0 Å². The molecule has 0 aliphatic carbocycles. The zero-order chi connectivity index (χ0) is 21.5. The topological polar surface area (TPSA) is 79.5 Å². The monoisotopic (exact) mass is 428 g/mol. The highest BCUT2D eigenvalue weighted by molar-refractivity contribution is 5.83. The van der Waals surface area contributed by atoms with Crippen LogP contribution in [-0.4, -0.2) is 62.6 Å². The Hall–Kier alpha value is -3.33. The fourth-order valence-corrected chi connectivity index (χ4v) is 4.56. The maximum absolute atomic E-state index is 9.56. The van der Waals surface area contributed by atoms with Gasteiger partial charge in [-0.05, 0) is 23.3 Å². The third kappa shape index (κ3) is 3.42. The highest BCUT2D eigenvalue weighted by Crippen LogP contribution is 2.32. The van der Waals surface area contributed by atoms with Crippen molar-refractivity contribution in [1.82, 2.24) is 24.6 Å². The summed E-state index contributed by atoms with van der Waals surface area (Å²) in [6, 6.07) is 16.9. The fourth-order valence-electron chi connectivity index (χ4n) is 4.56. The molecule has 2 aromatic heterocycles. The summed E-state index contributed by atoms with van der Waals surface area (Å²) in [6.45, 7) is 3.78. The first-order valence-corrected chi connectivity index (χ1v) is 10.9. The molecular weight excluding hydrogens is 404 g/mol. The highest BCUT2D eigenvalue weighted by atomic mass is 16.5. The molecule has 162 valence electrons. The van der Waals surface area contributed by atoms with E-state index in [1.54, 1.807) is 0 Å². The predicted molar refractivity (Wildman–Crippen MR) is 121 cm³/mol. The summed E-state index contributed by atoms with van der Waals surface area (Å²) in [5.41, 5.74) is 5.31. The third-order valence-corrected chi connectivity index (χ3v) is 6.28. The zero-order valence-electron chi connectivity index (χ0n) is 17.6. The predicted octanol–water partition coefficient (Wildman–Crippen LogP) is 3.12. The Morgan fingerprint density at radius 3 is 2.47 bits per heavy atom. The number of aromatic nitrogens is 4. The molecule has 32 heavy (non-hydrogen) atoms. The van der Waals surface area contributed by atoms with Crippen molar-refractivity contribution in [3.05, 3.63) is 72.3 Å². The van der Waals surface area contributed by atoms with Gasteiger partial charge in [-0.3, -0.25) is 0 Å². The molecule has 2 aliphatic heterocycles. The number of fused-ring (bicyclic) bond motifs is 3. The first kappa shape index (κ1) is 19.4. The van der Waals surface area contributed by atoms with E-state index in [1.807, 2.05) is 18.5 Å². The molecule has 8 heteroatoms. The van der Waals surface area contributed by atoms with Gasteiger partial charge in [0, 0.05) is 44.1 Å². The summed E-state index contributed by atoms with van der Waals surface area (Å²) in [7, 11) is 0. The van der Waals surface area contributed by atoms with E-state index in [4.69, 9.17) is 9.72 Å². The molecule has 0 spiro atoms. The van der Waals surface area contributed by atoms with Crippen molar-refractivity contribution in [2.45, 2.75) is 12.6 Å². The number of piperazine rings is 1. The lowest BCUT2D eigenvalue weighted by Crippen LogP contribution is -2.45. The van der Waals surface area contributed by atoms with Gasteiger partial charge in [0.05, 0.1) is 23.7 Å². The number of hydroxylamine groups is 2. The van der Waals surface area contributed by atoms with Gasteiger partial charge in [0.15, 0.2) is 0 Å².